The molecular formula is C53H62Cl2F6N20O8. The second-order valence-electron chi connectivity index (χ2n) is 18.6. The summed E-state index contributed by atoms with van der Waals surface area (Å²) in [7, 11) is 6.34. The Kier molecular flexibility index (Phi) is 22.8. The van der Waals surface area contributed by atoms with Crippen molar-refractivity contribution in [3.05, 3.63) is 108 Å². The first-order valence-electron chi connectivity index (χ1n) is 28.7. The van der Waals surface area contributed by atoms with E-state index >= 15 is 0 Å². The van der Waals surface area contributed by atoms with Gasteiger partial charge in [0.1, 0.15) is 18.4 Å². The highest BCUT2D eigenvalue weighted by Crippen LogP contribution is 2.39. The molecule has 0 atom stereocenters. The van der Waals surface area contributed by atoms with Crippen molar-refractivity contribution in [2.24, 2.45) is 43.3 Å². The lowest BCUT2D eigenvalue weighted by Crippen LogP contribution is -2.54. The highest BCUT2D eigenvalue weighted by molar-refractivity contribution is 6.29. The molecule has 3 aromatic carbocycles. The van der Waals surface area contributed by atoms with Gasteiger partial charge in [0, 0.05) is 93.6 Å². The molecule has 3 fully saturated rings. The van der Waals surface area contributed by atoms with Crippen LogP contribution in [0.5, 0.6) is 17.2 Å². The normalized spacial score (nSPS) is 14.5. The van der Waals surface area contributed by atoms with Crippen LogP contribution in [0, 0.1) is 17.8 Å². The summed E-state index contributed by atoms with van der Waals surface area (Å²) in [6.07, 6.45) is -4.69. The van der Waals surface area contributed by atoms with Crippen LogP contribution < -0.4 is 57.6 Å². The van der Waals surface area contributed by atoms with Crippen LogP contribution in [0.2, 0.25) is 5.15 Å². The summed E-state index contributed by atoms with van der Waals surface area (Å²) in [5.41, 5.74) is 11.0. The van der Waals surface area contributed by atoms with Gasteiger partial charge in [-0.15, -0.1) is 32.8 Å². The number of carbonyl (C=O) groups is 5. The van der Waals surface area contributed by atoms with Crippen molar-refractivity contribution in [1.29, 1.82) is 0 Å². The van der Waals surface area contributed by atoms with Gasteiger partial charge >= 0.3 is 18.2 Å². The number of para-hydroxylation sites is 3. The van der Waals surface area contributed by atoms with Crippen LogP contribution in [-0.2, 0) is 14.1 Å². The summed E-state index contributed by atoms with van der Waals surface area (Å²) >= 11 is 5.91. The molecule has 0 aliphatic carbocycles. The number of aromatic nitrogens is 10. The molecule has 0 radical (unpaired) electrons. The maximum absolute atomic E-state index is 12.8. The summed E-state index contributed by atoms with van der Waals surface area (Å²) in [5, 5.41) is 38.4. The van der Waals surface area contributed by atoms with Gasteiger partial charge in [-0.25, -0.2) is 50.7 Å². The topological polar surface area (TPSA) is 357 Å². The number of hydrogen-bond donors (Lipinski definition) is 8. The number of ether oxygens (including phenoxy) is 3. The van der Waals surface area contributed by atoms with E-state index in [1.54, 1.807) is 85.8 Å². The Bertz CT molecular complexity index is 3730. The first-order chi connectivity index (χ1) is 44.3. The smallest absolute Gasteiger partial charge is 0.409 e. The average molecular weight is 1300 g/mol. The van der Waals surface area contributed by atoms with E-state index in [1.807, 2.05) is 16.7 Å². The van der Waals surface area contributed by atoms with E-state index in [4.69, 9.17) is 40.8 Å². The second kappa shape index (κ2) is 33.3. The van der Waals surface area contributed by atoms with Crippen LogP contribution in [0.3, 0.4) is 0 Å². The summed E-state index contributed by atoms with van der Waals surface area (Å²) < 4.78 is 134. The van der Waals surface area contributed by atoms with Crippen LogP contribution in [0.25, 0.3) is 22.8 Å². The lowest BCUT2D eigenvalue weighted by Gasteiger charge is -2.38. The van der Waals surface area contributed by atoms with Crippen LogP contribution >= 0.6 is 24.0 Å². The highest BCUT2D eigenvalue weighted by atomic mass is 35.5. The van der Waals surface area contributed by atoms with Crippen LogP contribution in [0.1, 0.15) is 29.2 Å². The standard InChI is InChI=1S/C21H23F2N9O3.C16H16ClN7O2.C7H7NO2.C5H8F2N2O.C4H7F2N.ClH/c1-24-20(33)16-14(7-15(28-29-16)27-21(34)32-8-11(9-32)18(22)23)26-13-6-4-5-12(17(13)35-3)19-25-10-31(2)30-19;1-18-16(25)13-11(7-12(17)21-22-13)20-10-6-4-5-9(14(10)26-3)15-19-8-24(2)23-15;8-7(9)10-6-4-2-1-3-5-6;6-4(7)3-1-9(2-3)5(8)10;5-4(6)3-1-7-2-3;/h4-7,10-11,18H,8-9H2,1-3H3,(H,24,33)(H2,26,27,28,34);4-8H,1-3H3,(H,18,25)(H,20,21);1-5H,(H2,8,9);3-4H,1-2H2,(H2,8,10);3-4,7H,1-2H2;1H/i2*1D3;;;;. The van der Waals surface area contributed by atoms with Gasteiger partial charge < -0.3 is 62.1 Å². The number of carbonyl (C=O) groups excluding carboxylic acids is 5. The minimum absolute atomic E-state index is 0. The van der Waals surface area contributed by atoms with E-state index in [1.165, 1.54) is 47.2 Å². The quantitative estimate of drug-likeness (QED) is 0.0511. The number of primary amides is 2. The molecule has 36 heteroatoms. The zero-order chi connectivity index (χ0) is 69.2. The molecule has 7 heterocycles. The molecule has 0 unspecified atom stereocenters. The van der Waals surface area contributed by atoms with Crippen LogP contribution in [0.15, 0.2) is 91.5 Å². The Morgan fingerprint density at radius 1 is 0.640 bits per heavy atom. The Balaban J connectivity index is 0.000000248. The van der Waals surface area contributed by atoms with Gasteiger partial charge in [0.2, 0.25) is 19.3 Å². The van der Waals surface area contributed by atoms with E-state index in [0.717, 1.165) is 0 Å². The van der Waals surface area contributed by atoms with Crippen LogP contribution in [0.4, 0.5) is 69.3 Å². The number of anilines is 5. The third kappa shape index (κ3) is 19.6. The summed E-state index contributed by atoms with van der Waals surface area (Å²) in [5.74, 6) is -2.02. The van der Waals surface area contributed by atoms with E-state index in [9.17, 15) is 50.3 Å². The number of nitrogens with one attached hydrogen (secondary N) is 6. The third-order valence-electron chi connectivity index (χ3n) is 12.4. The van der Waals surface area contributed by atoms with Crippen molar-refractivity contribution < 1.29 is 72.8 Å². The fourth-order valence-electron chi connectivity index (χ4n) is 7.72. The number of nitrogens with zero attached hydrogens (tertiary/aromatic N) is 12. The van der Waals surface area contributed by atoms with Gasteiger partial charge in [-0.2, -0.15) is 10.2 Å². The van der Waals surface area contributed by atoms with Crippen molar-refractivity contribution in [1.82, 2.24) is 75.7 Å². The average Bonchev–Trinajstić information content (AvgIpc) is 1.33. The first-order valence-corrected chi connectivity index (χ1v) is 26.0. The van der Waals surface area contributed by atoms with Crippen molar-refractivity contribution in [2.75, 3.05) is 83.4 Å². The van der Waals surface area contributed by atoms with E-state index < -0.39 is 75.0 Å². The van der Waals surface area contributed by atoms with Gasteiger partial charge in [-0.3, -0.25) is 24.3 Å². The lowest BCUT2D eigenvalue weighted by atomic mass is 10.0. The summed E-state index contributed by atoms with van der Waals surface area (Å²) in [6.45, 7) is -4.52. The maximum atomic E-state index is 12.8. The molecule has 0 spiro atoms. The number of nitrogens with two attached hydrogens (primary N) is 2. The van der Waals surface area contributed by atoms with Gasteiger partial charge in [0.15, 0.2) is 45.5 Å². The summed E-state index contributed by atoms with van der Waals surface area (Å²) in [6, 6.07) is 20.2. The Labute approximate surface area is 523 Å². The summed E-state index contributed by atoms with van der Waals surface area (Å²) in [4.78, 5) is 68.7. The number of alkyl halides is 6. The van der Waals surface area contributed by atoms with E-state index in [-0.39, 0.29) is 78.2 Å². The Hall–Kier alpha value is -9.83. The van der Waals surface area contributed by atoms with Crippen molar-refractivity contribution in [2.45, 2.75) is 19.3 Å². The fraction of sp³-hybridized carbons (Fsp3) is 0.340. The monoisotopic (exact) mass is 1300 g/mol. The molecule has 3 aliphatic heterocycles. The molecule has 3 aliphatic rings. The number of amides is 7. The largest absolute Gasteiger partial charge is 0.494 e. The van der Waals surface area contributed by atoms with Gasteiger partial charge in [0.25, 0.3) is 11.8 Å². The highest BCUT2D eigenvalue weighted by Gasteiger charge is 2.37. The second-order valence-corrected chi connectivity index (χ2v) is 19.0. The molecule has 89 heavy (non-hydrogen) atoms. The SMILES string of the molecule is Cl.FC(F)C1CNC1.NC(=O)N1CC(C(F)F)C1.NC(=O)Oc1ccccc1.[2H]C([2H])([2H])NC(=O)c1nnc(Cl)cc1Nc1cccc(-c2ncn(C)n2)c1OC.[2H]C([2H])([2H])NC(=O)c1nnc(NC(=O)N2CC(C(F)F)C2)cc1Nc1cccc(-c2ncn(C)n2)c1OC. The molecule has 3 saturated heterocycles. The molecule has 0 bridgehead atoms. The Morgan fingerprint density at radius 3 is 1.51 bits per heavy atom. The molecule has 10 rings (SSSR count). The predicted molar refractivity (Wildman–Crippen MR) is 315 cm³/mol. The van der Waals surface area contributed by atoms with Gasteiger partial charge in [-0.05, 0) is 36.4 Å². The third-order valence-corrected chi connectivity index (χ3v) is 12.6. The van der Waals surface area contributed by atoms with Crippen molar-refractivity contribution in [3.63, 3.8) is 0 Å². The number of urea groups is 2. The molecule has 0 saturated carbocycles. The molecule has 4 aromatic heterocycles. The molecule has 10 N–H and O–H groups in total. The van der Waals surface area contributed by atoms with Gasteiger partial charge in [0.05, 0.1) is 59.9 Å². The van der Waals surface area contributed by atoms with E-state index in [2.05, 4.69) is 66.6 Å². The number of aryl methyl sites for hydroxylation is 2. The lowest BCUT2D eigenvalue weighted by molar-refractivity contribution is -0.00313. The number of rotatable bonds is 15. The number of hydrogen-bond acceptors (Lipinski definition) is 19. The Morgan fingerprint density at radius 2 is 1.11 bits per heavy atom. The fourth-order valence-corrected chi connectivity index (χ4v) is 7.86. The number of benzene rings is 3. The van der Waals surface area contributed by atoms with Gasteiger partial charge in [-0.1, -0.05) is 41.9 Å². The number of methoxy groups -OCH3 is 2. The van der Waals surface area contributed by atoms with Crippen molar-refractivity contribution in [3.8, 4) is 40.0 Å². The first kappa shape index (κ1) is 60.8. The number of likely N-dealkylation sites (tertiary alicyclic amines) is 2. The number of halogens is 8. The maximum Gasteiger partial charge on any atom is 0.409 e. The molecule has 7 aromatic rings. The molecule has 7 amide bonds. The predicted octanol–water partition coefficient (Wildman–Crippen LogP) is 6.45. The zero-order valence-corrected chi connectivity index (χ0v) is 48.8. The molecule has 28 nitrogen and oxygen atoms in total. The minimum atomic E-state index is -2.80. The van der Waals surface area contributed by atoms with Crippen LogP contribution in [-0.4, -0.2) is 176 Å². The van der Waals surface area contributed by atoms with E-state index in [0.29, 0.717) is 64.5 Å². The molecular weight excluding hydrogens is 1230 g/mol. The minimum Gasteiger partial charge on any atom is -0.494 e. The zero-order valence-electron chi connectivity index (χ0n) is 53.2. The van der Waals surface area contributed by atoms with Crippen molar-refractivity contribution >= 4 is 82.5 Å². The molecule has 478 valence electrons.